The van der Waals surface area contributed by atoms with E-state index in [0.717, 1.165) is 11.1 Å². The van der Waals surface area contributed by atoms with E-state index in [1.165, 1.54) is 7.11 Å². The summed E-state index contributed by atoms with van der Waals surface area (Å²) in [5, 5.41) is 0. The molecule has 0 bridgehead atoms. The molecule has 0 radical (unpaired) electrons. The fourth-order valence-corrected chi connectivity index (χ4v) is 3.29. The van der Waals surface area contributed by atoms with Crippen molar-refractivity contribution < 1.29 is 28.5 Å². The molecule has 6 heteroatoms. The van der Waals surface area contributed by atoms with Gasteiger partial charge in [0, 0.05) is 11.6 Å². The number of allylic oxidation sites excluding steroid dienone is 1. The van der Waals surface area contributed by atoms with Gasteiger partial charge < -0.3 is 23.7 Å². The third kappa shape index (κ3) is 4.86. The van der Waals surface area contributed by atoms with Gasteiger partial charge in [0.05, 0.1) is 41.1 Å². The van der Waals surface area contributed by atoms with Crippen LogP contribution in [0.3, 0.4) is 0 Å². The smallest absolute Gasteiger partial charge is 0.197 e. The molecule has 0 atom stereocenters. The van der Waals surface area contributed by atoms with E-state index in [4.69, 9.17) is 23.7 Å². The fraction of sp³-hybridized carbons (Fsp3) is 0.192. The Morgan fingerprint density at radius 3 is 1.84 bits per heavy atom. The third-order valence-corrected chi connectivity index (χ3v) is 5.02. The number of rotatable bonds is 9. The maximum absolute atomic E-state index is 13.7. The van der Waals surface area contributed by atoms with Gasteiger partial charge in [-0.05, 0) is 53.6 Å². The van der Waals surface area contributed by atoms with E-state index in [2.05, 4.69) is 0 Å². The van der Waals surface area contributed by atoms with Gasteiger partial charge in [0.15, 0.2) is 17.3 Å². The zero-order valence-corrected chi connectivity index (χ0v) is 18.8. The van der Waals surface area contributed by atoms with Crippen molar-refractivity contribution in [3.8, 4) is 28.7 Å². The number of carbonyl (C=O) groups excluding carboxylic acids is 1. The summed E-state index contributed by atoms with van der Waals surface area (Å²) in [6.45, 7) is 0. The van der Waals surface area contributed by atoms with Gasteiger partial charge in [-0.2, -0.15) is 0 Å². The van der Waals surface area contributed by atoms with E-state index in [0.29, 0.717) is 39.9 Å². The zero-order valence-electron chi connectivity index (χ0n) is 18.8. The van der Waals surface area contributed by atoms with Crippen LogP contribution in [0.2, 0.25) is 0 Å². The Morgan fingerprint density at radius 2 is 1.25 bits per heavy atom. The minimum absolute atomic E-state index is 0.190. The molecule has 3 aromatic rings. The maximum Gasteiger partial charge on any atom is 0.197 e. The summed E-state index contributed by atoms with van der Waals surface area (Å²) < 4.78 is 26.7. The van der Waals surface area contributed by atoms with Crippen LogP contribution in [0.15, 0.2) is 60.7 Å². The molecule has 3 aromatic carbocycles. The zero-order chi connectivity index (χ0) is 23.1. The van der Waals surface area contributed by atoms with E-state index in [-0.39, 0.29) is 5.78 Å². The lowest BCUT2D eigenvalue weighted by Gasteiger charge is -2.13. The first-order valence-corrected chi connectivity index (χ1v) is 9.89. The number of methoxy groups -OCH3 is 5. The minimum atomic E-state index is -0.190. The van der Waals surface area contributed by atoms with Crippen molar-refractivity contribution in [2.45, 2.75) is 0 Å². The summed E-state index contributed by atoms with van der Waals surface area (Å²) in [6.07, 6.45) is 1.82. The fourth-order valence-electron chi connectivity index (χ4n) is 3.29. The molecule has 0 amide bonds. The summed E-state index contributed by atoms with van der Waals surface area (Å²) in [4.78, 5) is 13.7. The Morgan fingerprint density at radius 1 is 0.625 bits per heavy atom. The van der Waals surface area contributed by atoms with Crippen LogP contribution in [0.1, 0.15) is 21.5 Å². The summed E-state index contributed by atoms with van der Waals surface area (Å²) in [5.74, 6) is 2.73. The SMILES string of the molecule is COc1ccc(/C(=C\c2ccc(OC)c(OC)c2)C(=O)c2ccc(OC)cc2OC)cc1. The van der Waals surface area contributed by atoms with Gasteiger partial charge in [-0.3, -0.25) is 4.79 Å². The molecular weight excluding hydrogens is 408 g/mol. The highest BCUT2D eigenvalue weighted by atomic mass is 16.5. The Balaban J connectivity index is 2.15. The lowest BCUT2D eigenvalue weighted by atomic mass is 9.94. The topological polar surface area (TPSA) is 63.2 Å². The lowest BCUT2D eigenvalue weighted by molar-refractivity contribution is 0.105. The molecule has 0 saturated carbocycles. The number of Topliss-reactive ketones (excluding diaryl/α,β-unsaturated/α-hetero) is 1. The van der Waals surface area contributed by atoms with Crippen molar-refractivity contribution >= 4 is 17.4 Å². The van der Waals surface area contributed by atoms with Crippen LogP contribution in [0.25, 0.3) is 11.6 Å². The van der Waals surface area contributed by atoms with Crippen LogP contribution in [-0.4, -0.2) is 41.3 Å². The highest BCUT2D eigenvalue weighted by Crippen LogP contribution is 2.33. The number of hydrogen-bond acceptors (Lipinski definition) is 6. The highest BCUT2D eigenvalue weighted by molar-refractivity contribution is 6.33. The van der Waals surface area contributed by atoms with E-state index < -0.39 is 0 Å². The van der Waals surface area contributed by atoms with Crippen molar-refractivity contribution in [1.29, 1.82) is 0 Å². The highest BCUT2D eigenvalue weighted by Gasteiger charge is 2.20. The van der Waals surface area contributed by atoms with Gasteiger partial charge in [-0.15, -0.1) is 0 Å². The molecule has 0 heterocycles. The van der Waals surface area contributed by atoms with Crippen LogP contribution in [-0.2, 0) is 0 Å². The van der Waals surface area contributed by atoms with Gasteiger partial charge in [0.25, 0.3) is 0 Å². The molecule has 0 aliphatic carbocycles. The van der Waals surface area contributed by atoms with Crippen LogP contribution < -0.4 is 23.7 Å². The average Bonchev–Trinajstić information content (AvgIpc) is 2.86. The minimum Gasteiger partial charge on any atom is -0.497 e. The number of benzene rings is 3. The summed E-state index contributed by atoms with van der Waals surface area (Å²) in [6, 6.07) is 17.9. The largest absolute Gasteiger partial charge is 0.497 e. The Kier molecular flexibility index (Phi) is 7.39. The van der Waals surface area contributed by atoms with Crippen molar-refractivity contribution in [3.63, 3.8) is 0 Å². The predicted octanol–water partition coefficient (Wildman–Crippen LogP) is 5.15. The molecule has 6 nitrogen and oxygen atoms in total. The Hall–Kier alpha value is -3.93. The van der Waals surface area contributed by atoms with Crippen molar-refractivity contribution in [2.75, 3.05) is 35.5 Å². The molecule has 0 spiro atoms. The van der Waals surface area contributed by atoms with Crippen molar-refractivity contribution in [2.24, 2.45) is 0 Å². The van der Waals surface area contributed by atoms with Gasteiger partial charge in [0.2, 0.25) is 0 Å². The molecular formula is C26H26O6. The summed E-state index contributed by atoms with van der Waals surface area (Å²) >= 11 is 0. The van der Waals surface area contributed by atoms with Crippen LogP contribution in [0.5, 0.6) is 28.7 Å². The molecule has 166 valence electrons. The van der Waals surface area contributed by atoms with Gasteiger partial charge in [-0.25, -0.2) is 0 Å². The molecule has 0 aliphatic heterocycles. The van der Waals surface area contributed by atoms with Crippen LogP contribution in [0, 0.1) is 0 Å². The van der Waals surface area contributed by atoms with Crippen molar-refractivity contribution in [3.05, 3.63) is 77.4 Å². The molecule has 3 rings (SSSR count). The van der Waals surface area contributed by atoms with Crippen molar-refractivity contribution in [1.82, 2.24) is 0 Å². The number of ketones is 1. The second-order valence-corrected chi connectivity index (χ2v) is 6.80. The number of hydrogen-bond donors (Lipinski definition) is 0. The molecule has 0 saturated heterocycles. The van der Waals surface area contributed by atoms with Crippen LogP contribution in [0.4, 0.5) is 0 Å². The first-order valence-electron chi connectivity index (χ1n) is 9.89. The summed E-state index contributed by atoms with van der Waals surface area (Å²) in [5.41, 5.74) is 2.44. The van der Waals surface area contributed by atoms with Crippen LogP contribution >= 0.6 is 0 Å². The molecule has 32 heavy (non-hydrogen) atoms. The molecule has 0 aliphatic rings. The van der Waals surface area contributed by atoms with Gasteiger partial charge in [-0.1, -0.05) is 18.2 Å². The monoisotopic (exact) mass is 434 g/mol. The first kappa shape index (κ1) is 22.7. The second kappa shape index (κ2) is 10.4. The van der Waals surface area contributed by atoms with Gasteiger partial charge in [0.1, 0.15) is 17.2 Å². The first-order chi connectivity index (χ1) is 15.5. The van der Waals surface area contributed by atoms with E-state index in [1.807, 2.05) is 42.5 Å². The predicted molar refractivity (Wildman–Crippen MR) is 124 cm³/mol. The quantitative estimate of drug-likeness (QED) is 0.264. The number of ether oxygens (including phenoxy) is 5. The lowest BCUT2D eigenvalue weighted by Crippen LogP contribution is -2.06. The van der Waals surface area contributed by atoms with E-state index >= 15 is 0 Å². The van der Waals surface area contributed by atoms with E-state index in [9.17, 15) is 4.79 Å². The normalized spacial score (nSPS) is 11.0. The Labute approximate surface area is 188 Å². The standard InChI is InChI=1S/C26H26O6/c1-28-19-9-7-18(8-10-19)22(14-17-6-13-23(30-3)25(15-17)32-5)26(27)21-12-11-20(29-2)16-24(21)31-4/h6-16H,1-5H3/b22-14+. The second-order valence-electron chi connectivity index (χ2n) is 6.80. The van der Waals surface area contributed by atoms with Gasteiger partial charge >= 0.3 is 0 Å². The number of carbonyl (C=O) groups is 1. The Bertz CT molecular complexity index is 1120. The average molecular weight is 434 g/mol. The van der Waals surface area contributed by atoms with E-state index in [1.54, 1.807) is 52.7 Å². The third-order valence-electron chi connectivity index (χ3n) is 5.02. The molecule has 0 unspecified atom stereocenters. The molecule has 0 N–H and O–H groups in total. The molecule has 0 aromatic heterocycles. The molecule has 0 fully saturated rings. The maximum atomic E-state index is 13.7. The summed E-state index contributed by atoms with van der Waals surface area (Å²) in [7, 11) is 7.84.